The lowest BCUT2D eigenvalue weighted by molar-refractivity contribution is 0.346. The van der Waals surface area contributed by atoms with Crippen LogP contribution in [0.2, 0.25) is 0 Å². The van der Waals surface area contributed by atoms with E-state index >= 15 is 0 Å². The van der Waals surface area contributed by atoms with Gasteiger partial charge in [0.25, 0.3) is 0 Å². The summed E-state index contributed by atoms with van der Waals surface area (Å²) in [5, 5.41) is 3.29. The molecule has 7 heteroatoms. The van der Waals surface area contributed by atoms with Crippen LogP contribution < -0.4 is 5.32 Å². The van der Waals surface area contributed by atoms with Crippen LogP contribution in [0.4, 0.5) is 5.82 Å². The van der Waals surface area contributed by atoms with Crippen LogP contribution in [0.25, 0.3) is 0 Å². The molecule has 0 aliphatic carbocycles. The first-order valence-electron chi connectivity index (χ1n) is 8.42. The van der Waals surface area contributed by atoms with Crippen molar-refractivity contribution in [3.8, 4) is 0 Å². The number of hydrogen-bond acceptors (Lipinski definition) is 4. The Morgan fingerprint density at radius 3 is 2.48 bits per heavy atom. The van der Waals surface area contributed by atoms with Crippen molar-refractivity contribution in [3.05, 3.63) is 52.1 Å². The molecule has 0 saturated carbocycles. The lowest BCUT2D eigenvalue weighted by Gasteiger charge is -2.25. The SMILES string of the molecule is Cc1cc(Br)cnc1NCc1ccc(S(=O)(=O)N2CCCCC2)cc1. The van der Waals surface area contributed by atoms with Gasteiger partial charge in [0, 0.05) is 30.3 Å². The van der Waals surface area contributed by atoms with Crippen molar-refractivity contribution in [1.29, 1.82) is 0 Å². The normalized spacial score (nSPS) is 15.9. The Hall–Kier alpha value is -1.44. The molecule has 2 heterocycles. The summed E-state index contributed by atoms with van der Waals surface area (Å²) in [5.41, 5.74) is 2.07. The van der Waals surface area contributed by atoms with Gasteiger partial charge in [-0.15, -0.1) is 0 Å². The third-order valence-corrected chi connectivity index (χ3v) is 6.73. The minimum atomic E-state index is -3.36. The largest absolute Gasteiger partial charge is 0.366 e. The zero-order valence-electron chi connectivity index (χ0n) is 14.2. The average molecular weight is 424 g/mol. The Bertz CT molecular complexity index is 832. The molecule has 5 nitrogen and oxygen atoms in total. The topological polar surface area (TPSA) is 62.3 Å². The van der Waals surface area contributed by atoms with Crippen LogP contribution in [0, 0.1) is 6.92 Å². The van der Waals surface area contributed by atoms with E-state index in [0.717, 1.165) is 40.7 Å². The average Bonchev–Trinajstić information content (AvgIpc) is 2.62. The molecule has 0 bridgehead atoms. The summed E-state index contributed by atoms with van der Waals surface area (Å²) >= 11 is 3.40. The lowest BCUT2D eigenvalue weighted by Crippen LogP contribution is -2.35. The van der Waals surface area contributed by atoms with Gasteiger partial charge in [0.2, 0.25) is 10.0 Å². The molecular formula is C18H22BrN3O2S. The number of pyridine rings is 1. The Kier molecular flexibility index (Phi) is 5.76. The number of aromatic nitrogens is 1. The van der Waals surface area contributed by atoms with Crippen molar-refractivity contribution in [2.75, 3.05) is 18.4 Å². The summed E-state index contributed by atoms with van der Waals surface area (Å²) < 4.78 is 27.8. The number of piperidine rings is 1. The predicted octanol–water partition coefficient (Wildman–Crippen LogP) is 3.94. The number of nitrogens with one attached hydrogen (secondary N) is 1. The highest BCUT2D eigenvalue weighted by Gasteiger charge is 2.25. The molecule has 0 spiro atoms. The molecule has 25 heavy (non-hydrogen) atoms. The third kappa shape index (κ3) is 4.40. The number of anilines is 1. The van der Waals surface area contributed by atoms with Gasteiger partial charge >= 0.3 is 0 Å². The zero-order chi connectivity index (χ0) is 17.9. The fourth-order valence-electron chi connectivity index (χ4n) is 2.94. The van der Waals surface area contributed by atoms with Crippen LogP contribution in [-0.2, 0) is 16.6 Å². The molecule has 0 atom stereocenters. The third-order valence-electron chi connectivity index (χ3n) is 4.38. The van der Waals surface area contributed by atoms with Crippen molar-refractivity contribution in [2.45, 2.75) is 37.6 Å². The molecule has 1 aliphatic heterocycles. The number of rotatable bonds is 5. The van der Waals surface area contributed by atoms with E-state index in [2.05, 4.69) is 26.2 Å². The summed E-state index contributed by atoms with van der Waals surface area (Å²) in [6, 6.07) is 9.12. The number of hydrogen-bond donors (Lipinski definition) is 1. The van der Waals surface area contributed by atoms with E-state index in [-0.39, 0.29) is 0 Å². The maximum atomic E-state index is 12.7. The second-order valence-electron chi connectivity index (χ2n) is 6.28. The first-order chi connectivity index (χ1) is 12.0. The quantitative estimate of drug-likeness (QED) is 0.790. The summed E-state index contributed by atoms with van der Waals surface area (Å²) in [6.07, 6.45) is 4.76. The predicted molar refractivity (Wildman–Crippen MR) is 103 cm³/mol. The number of sulfonamides is 1. The number of halogens is 1. The van der Waals surface area contributed by atoms with Crippen LogP contribution in [0.5, 0.6) is 0 Å². The van der Waals surface area contributed by atoms with Gasteiger partial charge in [-0.2, -0.15) is 4.31 Å². The Morgan fingerprint density at radius 2 is 1.84 bits per heavy atom. The molecule has 2 aromatic rings. The van der Waals surface area contributed by atoms with Crippen molar-refractivity contribution < 1.29 is 8.42 Å². The van der Waals surface area contributed by atoms with Crippen LogP contribution in [0.15, 0.2) is 45.9 Å². The van der Waals surface area contributed by atoms with Crippen molar-refractivity contribution in [3.63, 3.8) is 0 Å². The van der Waals surface area contributed by atoms with E-state index in [0.29, 0.717) is 24.5 Å². The Labute approximate surface area is 157 Å². The fourth-order valence-corrected chi connectivity index (χ4v) is 4.91. The summed E-state index contributed by atoms with van der Waals surface area (Å²) in [4.78, 5) is 4.72. The molecule has 0 amide bonds. The second-order valence-corrected chi connectivity index (χ2v) is 9.13. The van der Waals surface area contributed by atoms with Gasteiger partial charge in [-0.3, -0.25) is 0 Å². The molecule has 3 rings (SSSR count). The van der Waals surface area contributed by atoms with Crippen molar-refractivity contribution in [1.82, 2.24) is 9.29 Å². The molecule has 0 radical (unpaired) electrons. The molecule has 1 N–H and O–H groups in total. The second kappa shape index (κ2) is 7.85. The van der Waals surface area contributed by atoms with Gasteiger partial charge in [-0.25, -0.2) is 13.4 Å². The molecule has 0 unspecified atom stereocenters. The fraction of sp³-hybridized carbons (Fsp3) is 0.389. The van der Waals surface area contributed by atoms with Gasteiger partial charge in [-0.05, 0) is 65.0 Å². The summed E-state index contributed by atoms with van der Waals surface area (Å²) in [5.74, 6) is 0.827. The van der Waals surface area contributed by atoms with Gasteiger partial charge in [0.15, 0.2) is 0 Å². The Morgan fingerprint density at radius 1 is 1.16 bits per heavy atom. The van der Waals surface area contributed by atoms with Crippen molar-refractivity contribution >= 4 is 31.8 Å². The lowest BCUT2D eigenvalue weighted by atomic mass is 10.2. The van der Waals surface area contributed by atoms with Crippen LogP contribution in [-0.4, -0.2) is 30.8 Å². The van der Waals surface area contributed by atoms with Gasteiger partial charge in [0.05, 0.1) is 4.90 Å². The monoisotopic (exact) mass is 423 g/mol. The first kappa shape index (κ1) is 18.4. The van der Waals surface area contributed by atoms with E-state index < -0.39 is 10.0 Å². The number of benzene rings is 1. The summed E-state index contributed by atoms with van der Waals surface area (Å²) in [7, 11) is -3.36. The van der Waals surface area contributed by atoms with Crippen molar-refractivity contribution in [2.24, 2.45) is 0 Å². The molecular weight excluding hydrogens is 402 g/mol. The van der Waals surface area contributed by atoms with E-state index in [1.54, 1.807) is 22.6 Å². The van der Waals surface area contributed by atoms with E-state index in [1.165, 1.54) is 0 Å². The molecule has 1 aromatic heterocycles. The zero-order valence-corrected chi connectivity index (χ0v) is 16.6. The van der Waals surface area contributed by atoms with E-state index in [9.17, 15) is 8.42 Å². The van der Waals surface area contributed by atoms with Gasteiger partial charge < -0.3 is 5.32 Å². The minimum absolute atomic E-state index is 0.371. The highest BCUT2D eigenvalue weighted by atomic mass is 79.9. The highest BCUT2D eigenvalue weighted by Crippen LogP contribution is 2.21. The molecule has 1 saturated heterocycles. The highest BCUT2D eigenvalue weighted by molar-refractivity contribution is 9.10. The van der Waals surface area contributed by atoms with Crippen LogP contribution >= 0.6 is 15.9 Å². The van der Waals surface area contributed by atoms with Gasteiger partial charge in [0.1, 0.15) is 5.82 Å². The standard InChI is InChI=1S/C18H22BrN3O2S/c1-14-11-16(19)13-21-18(14)20-12-15-5-7-17(8-6-15)25(23,24)22-9-3-2-4-10-22/h5-8,11,13H,2-4,9-10,12H2,1H3,(H,20,21). The first-order valence-corrected chi connectivity index (χ1v) is 10.7. The molecule has 1 aromatic carbocycles. The van der Waals surface area contributed by atoms with E-state index in [1.807, 2.05) is 25.1 Å². The minimum Gasteiger partial charge on any atom is -0.366 e. The maximum Gasteiger partial charge on any atom is 0.243 e. The molecule has 1 aliphatic rings. The van der Waals surface area contributed by atoms with Gasteiger partial charge in [-0.1, -0.05) is 18.6 Å². The van der Waals surface area contributed by atoms with E-state index in [4.69, 9.17) is 0 Å². The number of nitrogens with zero attached hydrogens (tertiary/aromatic N) is 2. The Balaban J connectivity index is 1.67. The molecule has 134 valence electrons. The van der Waals surface area contributed by atoms with Crippen LogP contribution in [0.3, 0.4) is 0 Å². The molecule has 1 fully saturated rings. The number of aryl methyl sites for hydroxylation is 1. The maximum absolute atomic E-state index is 12.7. The smallest absolute Gasteiger partial charge is 0.243 e. The summed E-state index contributed by atoms with van der Waals surface area (Å²) in [6.45, 7) is 3.84. The van der Waals surface area contributed by atoms with Crippen LogP contribution in [0.1, 0.15) is 30.4 Å².